The molecule has 0 aliphatic carbocycles. The molecule has 0 unspecified atom stereocenters. The highest BCUT2D eigenvalue weighted by Crippen LogP contribution is 2.11. The van der Waals surface area contributed by atoms with Gasteiger partial charge in [0.1, 0.15) is 17.5 Å². The molecule has 4 heteroatoms. The SMILES string of the molecule is CCCNc1cc(NCCC)nc(CC)n1. The van der Waals surface area contributed by atoms with Gasteiger partial charge in [0, 0.05) is 25.6 Å². The van der Waals surface area contributed by atoms with Gasteiger partial charge in [-0.1, -0.05) is 20.8 Å². The standard InChI is InChI=1S/C12H22N4/c1-4-7-13-11-9-12(14-8-5-2)16-10(6-3)15-11/h9H,4-8H2,1-3H3,(H2,13,14,15,16). The van der Waals surface area contributed by atoms with Gasteiger partial charge in [0.25, 0.3) is 0 Å². The van der Waals surface area contributed by atoms with Crippen LogP contribution in [0.15, 0.2) is 6.07 Å². The van der Waals surface area contributed by atoms with Crippen molar-refractivity contribution in [1.82, 2.24) is 9.97 Å². The molecule has 0 bridgehead atoms. The third-order valence-corrected chi connectivity index (χ3v) is 2.20. The number of nitrogens with zero attached hydrogens (tertiary/aromatic N) is 2. The van der Waals surface area contributed by atoms with Crippen molar-refractivity contribution in [2.75, 3.05) is 23.7 Å². The summed E-state index contributed by atoms with van der Waals surface area (Å²) in [4.78, 5) is 8.87. The fourth-order valence-corrected chi connectivity index (χ4v) is 1.34. The second kappa shape index (κ2) is 7.04. The Kier molecular flexibility index (Phi) is 5.61. The van der Waals surface area contributed by atoms with Gasteiger partial charge < -0.3 is 10.6 Å². The number of anilines is 2. The molecule has 0 saturated carbocycles. The van der Waals surface area contributed by atoms with E-state index < -0.39 is 0 Å². The summed E-state index contributed by atoms with van der Waals surface area (Å²) in [6, 6.07) is 1.98. The molecule has 0 aliphatic heterocycles. The van der Waals surface area contributed by atoms with Crippen LogP contribution in [0, 0.1) is 0 Å². The van der Waals surface area contributed by atoms with E-state index in [4.69, 9.17) is 0 Å². The van der Waals surface area contributed by atoms with Gasteiger partial charge in [0.15, 0.2) is 0 Å². The third kappa shape index (κ3) is 4.04. The zero-order valence-corrected chi connectivity index (χ0v) is 10.5. The molecule has 0 radical (unpaired) electrons. The van der Waals surface area contributed by atoms with Gasteiger partial charge in [-0.15, -0.1) is 0 Å². The summed E-state index contributed by atoms with van der Waals surface area (Å²) in [6.45, 7) is 8.26. The fraction of sp³-hybridized carbons (Fsp3) is 0.667. The largest absolute Gasteiger partial charge is 0.370 e. The normalized spacial score (nSPS) is 10.2. The Balaban J connectivity index is 2.74. The summed E-state index contributed by atoms with van der Waals surface area (Å²) < 4.78 is 0. The summed E-state index contributed by atoms with van der Waals surface area (Å²) in [5.41, 5.74) is 0. The van der Waals surface area contributed by atoms with E-state index in [1.165, 1.54) is 0 Å². The van der Waals surface area contributed by atoms with Crippen LogP contribution in [0.5, 0.6) is 0 Å². The molecule has 0 aliphatic rings. The van der Waals surface area contributed by atoms with Crippen molar-refractivity contribution >= 4 is 11.6 Å². The maximum absolute atomic E-state index is 4.44. The molecule has 1 aromatic heterocycles. The van der Waals surface area contributed by atoms with E-state index >= 15 is 0 Å². The number of aromatic nitrogens is 2. The van der Waals surface area contributed by atoms with Gasteiger partial charge in [-0.25, -0.2) is 9.97 Å². The molecule has 2 N–H and O–H groups in total. The molecule has 1 rings (SSSR count). The minimum absolute atomic E-state index is 0.864. The smallest absolute Gasteiger partial charge is 0.132 e. The first kappa shape index (κ1) is 12.7. The lowest BCUT2D eigenvalue weighted by Gasteiger charge is -2.09. The molecular weight excluding hydrogens is 200 g/mol. The number of aryl methyl sites for hydroxylation is 1. The summed E-state index contributed by atoms with van der Waals surface area (Å²) in [7, 11) is 0. The highest BCUT2D eigenvalue weighted by molar-refractivity contribution is 5.47. The molecule has 1 aromatic rings. The maximum Gasteiger partial charge on any atom is 0.132 e. The lowest BCUT2D eigenvalue weighted by molar-refractivity contribution is 0.904. The van der Waals surface area contributed by atoms with Crippen molar-refractivity contribution in [3.8, 4) is 0 Å². The topological polar surface area (TPSA) is 49.8 Å². The Morgan fingerprint density at radius 2 is 1.44 bits per heavy atom. The van der Waals surface area contributed by atoms with Crippen LogP contribution < -0.4 is 10.6 Å². The summed E-state index contributed by atoms with van der Waals surface area (Å²) >= 11 is 0. The molecule has 0 spiro atoms. The van der Waals surface area contributed by atoms with Crippen molar-refractivity contribution in [3.05, 3.63) is 11.9 Å². The molecule has 4 nitrogen and oxygen atoms in total. The highest BCUT2D eigenvalue weighted by atomic mass is 15.1. The van der Waals surface area contributed by atoms with Crippen LogP contribution in [0.4, 0.5) is 11.6 Å². The van der Waals surface area contributed by atoms with E-state index in [2.05, 4.69) is 41.4 Å². The van der Waals surface area contributed by atoms with E-state index in [-0.39, 0.29) is 0 Å². The van der Waals surface area contributed by atoms with Crippen molar-refractivity contribution in [1.29, 1.82) is 0 Å². The second-order valence-corrected chi connectivity index (χ2v) is 3.76. The van der Waals surface area contributed by atoms with Crippen LogP contribution in [0.2, 0.25) is 0 Å². The van der Waals surface area contributed by atoms with Gasteiger partial charge in [-0.05, 0) is 12.8 Å². The molecule has 0 fully saturated rings. The van der Waals surface area contributed by atoms with Crippen LogP contribution in [0.3, 0.4) is 0 Å². The average molecular weight is 222 g/mol. The zero-order chi connectivity index (χ0) is 11.8. The van der Waals surface area contributed by atoms with E-state index in [0.717, 1.165) is 49.8 Å². The van der Waals surface area contributed by atoms with Crippen LogP contribution >= 0.6 is 0 Å². The summed E-state index contributed by atoms with van der Waals surface area (Å²) in [6.07, 6.45) is 3.06. The molecule has 0 aromatic carbocycles. The van der Waals surface area contributed by atoms with Gasteiger partial charge in [-0.3, -0.25) is 0 Å². The predicted molar refractivity (Wildman–Crippen MR) is 69.0 cm³/mol. The van der Waals surface area contributed by atoms with Crippen molar-refractivity contribution < 1.29 is 0 Å². The van der Waals surface area contributed by atoms with E-state index in [9.17, 15) is 0 Å². The first-order valence-electron chi connectivity index (χ1n) is 6.15. The quantitative estimate of drug-likeness (QED) is 0.744. The lowest BCUT2D eigenvalue weighted by Crippen LogP contribution is -2.09. The predicted octanol–water partition coefficient (Wildman–Crippen LogP) is 2.68. The monoisotopic (exact) mass is 222 g/mol. The van der Waals surface area contributed by atoms with E-state index in [0.29, 0.717) is 0 Å². The minimum atomic E-state index is 0.864. The lowest BCUT2D eigenvalue weighted by atomic mass is 10.4. The van der Waals surface area contributed by atoms with Crippen LogP contribution in [-0.2, 0) is 6.42 Å². The third-order valence-electron chi connectivity index (χ3n) is 2.20. The molecular formula is C12H22N4. The Labute approximate surface area is 97.9 Å². The molecule has 0 atom stereocenters. The van der Waals surface area contributed by atoms with Gasteiger partial charge >= 0.3 is 0 Å². The van der Waals surface area contributed by atoms with E-state index in [1.54, 1.807) is 0 Å². The van der Waals surface area contributed by atoms with Crippen molar-refractivity contribution in [2.24, 2.45) is 0 Å². The Morgan fingerprint density at radius 3 is 1.81 bits per heavy atom. The van der Waals surface area contributed by atoms with Crippen molar-refractivity contribution in [2.45, 2.75) is 40.0 Å². The van der Waals surface area contributed by atoms with Gasteiger partial charge in [0.05, 0.1) is 0 Å². The minimum Gasteiger partial charge on any atom is -0.370 e. The first-order chi connectivity index (χ1) is 7.80. The molecule has 0 amide bonds. The zero-order valence-electron chi connectivity index (χ0n) is 10.5. The first-order valence-corrected chi connectivity index (χ1v) is 6.15. The van der Waals surface area contributed by atoms with Gasteiger partial charge in [-0.2, -0.15) is 0 Å². The summed E-state index contributed by atoms with van der Waals surface area (Å²) in [5, 5.41) is 6.59. The molecule has 90 valence electrons. The number of hydrogen-bond donors (Lipinski definition) is 2. The number of nitrogens with one attached hydrogen (secondary N) is 2. The summed E-state index contributed by atoms with van der Waals surface area (Å²) in [5.74, 6) is 2.74. The molecule has 0 saturated heterocycles. The van der Waals surface area contributed by atoms with Crippen LogP contribution in [0.25, 0.3) is 0 Å². The molecule has 16 heavy (non-hydrogen) atoms. The Morgan fingerprint density at radius 1 is 0.938 bits per heavy atom. The van der Waals surface area contributed by atoms with Crippen LogP contribution in [0.1, 0.15) is 39.4 Å². The Bertz CT molecular complexity index is 286. The molecule has 1 heterocycles. The van der Waals surface area contributed by atoms with E-state index in [1.807, 2.05) is 6.07 Å². The second-order valence-electron chi connectivity index (χ2n) is 3.76. The van der Waals surface area contributed by atoms with Crippen LogP contribution in [-0.4, -0.2) is 23.1 Å². The van der Waals surface area contributed by atoms with Crippen molar-refractivity contribution in [3.63, 3.8) is 0 Å². The average Bonchev–Trinajstić information content (AvgIpc) is 2.33. The van der Waals surface area contributed by atoms with Gasteiger partial charge in [0.2, 0.25) is 0 Å². The number of rotatable bonds is 7. The fourth-order valence-electron chi connectivity index (χ4n) is 1.34. The highest BCUT2D eigenvalue weighted by Gasteiger charge is 2.02. The number of hydrogen-bond acceptors (Lipinski definition) is 4. The maximum atomic E-state index is 4.44. The Hall–Kier alpha value is -1.32.